The van der Waals surface area contributed by atoms with Gasteiger partial charge in [-0.1, -0.05) is 0 Å². The lowest BCUT2D eigenvalue weighted by atomic mass is 10.2. The van der Waals surface area contributed by atoms with Crippen molar-refractivity contribution in [1.29, 1.82) is 0 Å². The molecule has 1 aromatic carbocycles. The van der Waals surface area contributed by atoms with E-state index in [0.717, 1.165) is 57.1 Å². The molecule has 0 saturated carbocycles. The number of ether oxygens (including phenoxy) is 3. The van der Waals surface area contributed by atoms with Crippen LogP contribution in [0.1, 0.15) is 19.3 Å². The van der Waals surface area contributed by atoms with Crippen molar-refractivity contribution in [2.75, 3.05) is 51.4 Å². The fourth-order valence-corrected chi connectivity index (χ4v) is 2.79. The van der Waals surface area contributed by atoms with Crippen molar-refractivity contribution in [2.24, 2.45) is 0 Å². The molecule has 23 heavy (non-hydrogen) atoms. The van der Waals surface area contributed by atoms with Crippen LogP contribution in [0.4, 0.5) is 5.69 Å². The fraction of sp³-hybridized carbons (Fsp3) is 0.588. The molecule has 0 aromatic heterocycles. The first-order chi connectivity index (χ1) is 11.3. The highest BCUT2D eigenvalue weighted by molar-refractivity contribution is 5.91. The van der Waals surface area contributed by atoms with Crippen molar-refractivity contribution < 1.29 is 19.0 Å². The number of hydrogen-bond acceptors (Lipinski definition) is 5. The van der Waals surface area contributed by atoms with E-state index in [9.17, 15) is 4.79 Å². The van der Waals surface area contributed by atoms with Gasteiger partial charge >= 0.3 is 0 Å². The van der Waals surface area contributed by atoms with Gasteiger partial charge in [0.15, 0.2) is 11.5 Å². The van der Waals surface area contributed by atoms with Crippen molar-refractivity contribution in [1.82, 2.24) is 4.90 Å². The van der Waals surface area contributed by atoms with Crippen LogP contribution in [0, 0.1) is 0 Å². The van der Waals surface area contributed by atoms with Gasteiger partial charge in [0.1, 0.15) is 13.2 Å². The number of fused-ring (bicyclic) bond motifs is 1. The third kappa shape index (κ3) is 4.84. The van der Waals surface area contributed by atoms with Crippen molar-refractivity contribution in [2.45, 2.75) is 19.3 Å². The lowest BCUT2D eigenvalue weighted by molar-refractivity contribution is -0.116. The van der Waals surface area contributed by atoms with E-state index in [1.807, 2.05) is 18.2 Å². The quantitative estimate of drug-likeness (QED) is 0.811. The van der Waals surface area contributed by atoms with Crippen LogP contribution in [0.5, 0.6) is 11.5 Å². The van der Waals surface area contributed by atoms with Crippen molar-refractivity contribution in [3.05, 3.63) is 18.2 Å². The highest BCUT2D eigenvalue weighted by Crippen LogP contribution is 2.32. The number of benzene rings is 1. The summed E-state index contributed by atoms with van der Waals surface area (Å²) in [4.78, 5) is 14.4. The highest BCUT2D eigenvalue weighted by atomic mass is 16.6. The number of morpholine rings is 1. The van der Waals surface area contributed by atoms with Gasteiger partial charge in [0.2, 0.25) is 5.91 Å². The van der Waals surface area contributed by atoms with Crippen molar-refractivity contribution in [3.63, 3.8) is 0 Å². The summed E-state index contributed by atoms with van der Waals surface area (Å²) in [5, 5.41) is 2.92. The van der Waals surface area contributed by atoms with Crippen LogP contribution in [0.3, 0.4) is 0 Å². The summed E-state index contributed by atoms with van der Waals surface area (Å²) in [6.45, 7) is 5.82. The Labute approximate surface area is 136 Å². The van der Waals surface area contributed by atoms with Gasteiger partial charge < -0.3 is 19.5 Å². The zero-order chi connectivity index (χ0) is 15.9. The topological polar surface area (TPSA) is 60.0 Å². The van der Waals surface area contributed by atoms with Crippen LogP contribution in [-0.4, -0.2) is 56.9 Å². The molecule has 126 valence electrons. The molecule has 6 nitrogen and oxygen atoms in total. The number of unbranched alkanes of at least 4 members (excludes halogenated alkanes) is 1. The van der Waals surface area contributed by atoms with Crippen LogP contribution in [0.2, 0.25) is 0 Å². The number of carbonyl (C=O) groups is 1. The van der Waals surface area contributed by atoms with Crippen LogP contribution in [0.25, 0.3) is 0 Å². The van der Waals surface area contributed by atoms with Gasteiger partial charge in [0.05, 0.1) is 13.2 Å². The maximum Gasteiger partial charge on any atom is 0.224 e. The number of rotatable bonds is 6. The predicted molar refractivity (Wildman–Crippen MR) is 87.2 cm³/mol. The summed E-state index contributed by atoms with van der Waals surface area (Å²) >= 11 is 0. The number of nitrogens with one attached hydrogen (secondary N) is 1. The Morgan fingerprint density at radius 1 is 1.04 bits per heavy atom. The normalized spacial score (nSPS) is 17.7. The molecular weight excluding hydrogens is 296 g/mol. The van der Waals surface area contributed by atoms with Gasteiger partial charge in [-0.05, 0) is 31.5 Å². The number of nitrogens with zero attached hydrogens (tertiary/aromatic N) is 1. The smallest absolute Gasteiger partial charge is 0.224 e. The van der Waals surface area contributed by atoms with Crippen molar-refractivity contribution >= 4 is 11.6 Å². The fourth-order valence-electron chi connectivity index (χ4n) is 2.79. The van der Waals surface area contributed by atoms with Crippen LogP contribution in [0.15, 0.2) is 18.2 Å². The minimum Gasteiger partial charge on any atom is -0.486 e. The molecule has 1 aromatic rings. The molecule has 0 atom stereocenters. The monoisotopic (exact) mass is 320 g/mol. The molecule has 2 aliphatic rings. The highest BCUT2D eigenvalue weighted by Gasteiger charge is 2.13. The molecule has 2 heterocycles. The summed E-state index contributed by atoms with van der Waals surface area (Å²) in [5.41, 5.74) is 0.757. The van der Waals surface area contributed by atoms with Gasteiger partial charge in [0.25, 0.3) is 0 Å². The van der Waals surface area contributed by atoms with E-state index in [4.69, 9.17) is 14.2 Å². The van der Waals surface area contributed by atoms with Gasteiger partial charge in [-0.2, -0.15) is 0 Å². The Morgan fingerprint density at radius 2 is 1.83 bits per heavy atom. The van der Waals surface area contributed by atoms with E-state index in [0.29, 0.717) is 25.4 Å². The largest absolute Gasteiger partial charge is 0.486 e. The molecule has 0 radical (unpaired) electrons. The molecular formula is C17H24N2O4. The van der Waals surface area contributed by atoms with Gasteiger partial charge in [0, 0.05) is 31.3 Å². The SMILES string of the molecule is O=C(CCCCN1CCOCC1)Nc1ccc2c(c1)OCCO2. The first-order valence-corrected chi connectivity index (χ1v) is 8.31. The Hall–Kier alpha value is -1.79. The molecule has 1 N–H and O–H groups in total. The minimum atomic E-state index is 0.0451. The third-order valence-electron chi connectivity index (χ3n) is 4.06. The van der Waals surface area contributed by atoms with Gasteiger partial charge in [-0.3, -0.25) is 9.69 Å². The zero-order valence-electron chi connectivity index (χ0n) is 13.4. The van der Waals surface area contributed by atoms with Gasteiger partial charge in [-0.15, -0.1) is 0 Å². The van der Waals surface area contributed by atoms with E-state index in [2.05, 4.69) is 10.2 Å². The maximum absolute atomic E-state index is 12.0. The molecule has 6 heteroatoms. The molecule has 2 aliphatic heterocycles. The van der Waals surface area contributed by atoms with Crippen molar-refractivity contribution in [3.8, 4) is 11.5 Å². The Bertz CT molecular complexity index is 529. The molecule has 0 bridgehead atoms. The van der Waals surface area contributed by atoms with E-state index >= 15 is 0 Å². The standard InChI is InChI=1S/C17H24N2O4/c20-17(3-1-2-6-19-7-9-21-10-8-19)18-14-4-5-15-16(13-14)23-12-11-22-15/h4-5,13H,1-3,6-12H2,(H,18,20). The molecule has 1 saturated heterocycles. The van der Waals surface area contributed by atoms with E-state index in [1.54, 1.807) is 0 Å². The van der Waals surface area contributed by atoms with E-state index in [1.165, 1.54) is 0 Å². The summed E-state index contributed by atoms with van der Waals surface area (Å²) in [6.07, 6.45) is 2.47. The molecule has 0 aliphatic carbocycles. The number of amides is 1. The summed E-state index contributed by atoms with van der Waals surface area (Å²) in [7, 11) is 0. The second-order valence-corrected chi connectivity index (χ2v) is 5.82. The maximum atomic E-state index is 12.0. The average Bonchev–Trinajstić information content (AvgIpc) is 2.59. The zero-order valence-corrected chi connectivity index (χ0v) is 13.4. The Kier molecular flexibility index (Phi) is 5.71. The molecule has 3 rings (SSSR count). The number of anilines is 1. The molecule has 1 amide bonds. The minimum absolute atomic E-state index is 0.0451. The summed E-state index contributed by atoms with van der Waals surface area (Å²) in [6, 6.07) is 5.50. The Morgan fingerprint density at radius 3 is 2.65 bits per heavy atom. The van der Waals surface area contributed by atoms with Crippen LogP contribution < -0.4 is 14.8 Å². The van der Waals surface area contributed by atoms with Gasteiger partial charge in [-0.25, -0.2) is 0 Å². The van der Waals surface area contributed by atoms with Crippen LogP contribution in [-0.2, 0) is 9.53 Å². The third-order valence-corrected chi connectivity index (χ3v) is 4.06. The van der Waals surface area contributed by atoms with E-state index in [-0.39, 0.29) is 5.91 Å². The lowest BCUT2D eigenvalue weighted by Gasteiger charge is -2.26. The second-order valence-electron chi connectivity index (χ2n) is 5.82. The number of carbonyl (C=O) groups excluding carboxylic acids is 1. The summed E-state index contributed by atoms with van der Waals surface area (Å²) in [5.74, 6) is 1.48. The van der Waals surface area contributed by atoms with Crippen LogP contribution >= 0.6 is 0 Å². The second kappa shape index (κ2) is 8.17. The van der Waals surface area contributed by atoms with E-state index < -0.39 is 0 Å². The first-order valence-electron chi connectivity index (χ1n) is 8.31. The predicted octanol–water partition coefficient (Wildman–Crippen LogP) is 1.90. The first kappa shape index (κ1) is 16.1. The average molecular weight is 320 g/mol. The molecule has 1 fully saturated rings. The Balaban J connectivity index is 1.37. The number of hydrogen-bond donors (Lipinski definition) is 1. The molecule has 0 spiro atoms. The lowest BCUT2D eigenvalue weighted by Crippen LogP contribution is -2.36. The summed E-state index contributed by atoms with van der Waals surface area (Å²) < 4.78 is 16.3. The molecule has 0 unspecified atom stereocenters.